The second kappa shape index (κ2) is 7.28. The molecule has 0 saturated carbocycles. The van der Waals surface area contributed by atoms with E-state index in [4.69, 9.17) is 0 Å². The summed E-state index contributed by atoms with van der Waals surface area (Å²) >= 11 is 0. The van der Waals surface area contributed by atoms with E-state index in [1.165, 1.54) is 5.56 Å². The van der Waals surface area contributed by atoms with E-state index in [0.717, 1.165) is 16.5 Å². The Labute approximate surface area is 177 Å². The van der Waals surface area contributed by atoms with Crippen molar-refractivity contribution in [1.29, 1.82) is 0 Å². The number of carbonyl (C=O) groups is 2. The Morgan fingerprint density at radius 2 is 1.60 bits per heavy atom. The van der Waals surface area contributed by atoms with Gasteiger partial charge in [0.1, 0.15) is 5.54 Å². The summed E-state index contributed by atoms with van der Waals surface area (Å²) in [5.41, 5.74) is 1.75. The summed E-state index contributed by atoms with van der Waals surface area (Å²) in [6.45, 7) is 8.87. The molecule has 0 bridgehead atoms. The molecule has 1 unspecified atom stereocenters. The number of amides is 2. The molecule has 2 amide bonds. The smallest absolute Gasteiger partial charge is 0.254 e. The molecule has 3 aromatic carbocycles. The van der Waals surface area contributed by atoms with E-state index in [0.29, 0.717) is 18.5 Å². The van der Waals surface area contributed by atoms with Crippen molar-refractivity contribution in [2.45, 2.75) is 45.1 Å². The van der Waals surface area contributed by atoms with Crippen LogP contribution in [0.1, 0.15) is 50.0 Å². The molecule has 4 rings (SSSR count). The van der Waals surface area contributed by atoms with Gasteiger partial charge in [-0.15, -0.1) is 0 Å². The summed E-state index contributed by atoms with van der Waals surface area (Å²) in [7, 11) is 0. The number of rotatable bonds is 3. The van der Waals surface area contributed by atoms with Crippen molar-refractivity contribution in [2.75, 3.05) is 11.9 Å². The average molecular weight is 401 g/mol. The zero-order valence-corrected chi connectivity index (χ0v) is 18.0. The minimum atomic E-state index is -0.850. The second-order valence-corrected chi connectivity index (χ2v) is 9.29. The Kier molecular flexibility index (Phi) is 4.89. The molecule has 1 atom stereocenters. The number of carbonyl (C=O) groups excluding carboxylic acids is 2. The summed E-state index contributed by atoms with van der Waals surface area (Å²) in [5.74, 6) is -0.248. The fourth-order valence-corrected chi connectivity index (χ4v) is 3.98. The van der Waals surface area contributed by atoms with Crippen LogP contribution < -0.4 is 5.32 Å². The topological polar surface area (TPSA) is 49.4 Å². The number of likely N-dealkylation sites (tertiary alicyclic amines) is 1. The second-order valence-electron chi connectivity index (χ2n) is 9.29. The quantitative estimate of drug-likeness (QED) is 0.642. The van der Waals surface area contributed by atoms with Gasteiger partial charge in [0.05, 0.1) is 0 Å². The molecule has 1 saturated heterocycles. The molecular formula is C26H28N2O2. The van der Waals surface area contributed by atoms with Gasteiger partial charge in [0.2, 0.25) is 5.91 Å². The van der Waals surface area contributed by atoms with Crippen molar-refractivity contribution in [3.05, 3.63) is 77.9 Å². The molecule has 0 radical (unpaired) electrons. The van der Waals surface area contributed by atoms with Gasteiger partial charge in [-0.1, -0.05) is 69.3 Å². The number of hydrogen-bond donors (Lipinski definition) is 1. The van der Waals surface area contributed by atoms with Gasteiger partial charge in [-0.2, -0.15) is 0 Å². The van der Waals surface area contributed by atoms with Crippen LogP contribution in [-0.2, 0) is 10.2 Å². The predicted molar refractivity (Wildman–Crippen MR) is 122 cm³/mol. The molecule has 1 aliphatic heterocycles. The van der Waals surface area contributed by atoms with Crippen LogP contribution in [-0.4, -0.2) is 28.8 Å². The molecule has 1 aliphatic rings. The first-order valence-electron chi connectivity index (χ1n) is 10.4. The largest absolute Gasteiger partial charge is 0.324 e. The van der Waals surface area contributed by atoms with E-state index in [-0.39, 0.29) is 17.2 Å². The van der Waals surface area contributed by atoms with Gasteiger partial charge in [-0.3, -0.25) is 9.59 Å². The van der Waals surface area contributed by atoms with Crippen molar-refractivity contribution >= 4 is 28.3 Å². The van der Waals surface area contributed by atoms with Crippen LogP contribution in [0.4, 0.5) is 5.69 Å². The van der Waals surface area contributed by atoms with Crippen molar-refractivity contribution in [1.82, 2.24) is 4.90 Å². The fraction of sp³-hybridized carbons (Fsp3) is 0.308. The average Bonchev–Trinajstić information content (AvgIpc) is 2.72. The van der Waals surface area contributed by atoms with Crippen LogP contribution in [0.25, 0.3) is 10.8 Å². The molecule has 0 aromatic heterocycles. The molecule has 1 N–H and O–H groups in total. The molecule has 4 heteroatoms. The third-order valence-corrected chi connectivity index (χ3v) is 6.19. The molecule has 4 nitrogen and oxygen atoms in total. The van der Waals surface area contributed by atoms with Crippen molar-refractivity contribution < 1.29 is 9.59 Å². The number of fused-ring (bicyclic) bond motifs is 1. The van der Waals surface area contributed by atoms with Gasteiger partial charge in [-0.05, 0) is 47.9 Å². The highest BCUT2D eigenvalue weighted by Gasteiger charge is 2.49. The third kappa shape index (κ3) is 3.47. The van der Waals surface area contributed by atoms with E-state index in [1.807, 2.05) is 73.7 Å². The van der Waals surface area contributed by atoms with Gasteiger partial charge >= 0.3 is 0 Å². The zero-order chi connectivity index (χ0) is 21.5. The summed E-state index contributed by atoms with van der Waals surface area (Å²) in [6.07, 6.45) is 0.648. The Balaban J connectivity index is 1.54. The highest BCUT2D eigenvalue weighted by molar-refractivity contribution is 6.08. The number of nitrogens with one attached hydrogen (secondary N) is 1. The van der Waals surface area contributed by atoms with Crippen LogP contribution in [0.2, 0.25) is 0 Å². The summed E-state index contributed by atoms with van der Waals surface area (Å²) in [5, 5.41) is 5.12. The van der Waals surface area contributed by atoms with E-state index < -0.39 is 5.54 Å². The Morgan fingerprint density at radius 1 is 0.933 bits per heavy atom. The van der Waals surface area contributed by atoms with Gasteiger partial charge in [-0.25, -0.2) is 0 Å². The maximum Gasteiger partial charge on any atom is 0.254 e. The maximum atomic E-state index is 13.2. The lowest BCUT2D eigenvalue weighted by molar-refractivity contribution is -0.132. The first-order chi connectivity index (χ1) is 14.2. The Bertz CT molecular complexity index is 1110. The number of nitrogens with zero attached hydrogens (tertiary/aromatic N) is 1. The van der Waals surface area contributed by atoms with E-state index >= 15 is 0 Å². The Hall–Kier alpha value is -3.14. The number of anilines is 1. The van der Waals surface area contributed by atoms with E-state index in [9.17, 15) is 9.59 Å². The Morgan fingerprint density at radius 3 is 2.23 bits per heavy atom. The highest BCUT2D eigenvalue weighted by Crippen LogP contribution is 2.34. The monoisotopic (exact) mass is 400 g/mol. The molecule has 0 aliphatic carbocycles. The van der Waals surface area contributed by atoms with Crippen LogP contribution in [0.15, 0.2) is 66.7 Å². The molecule has 1 fully saturated rings. The first-order valence-corrected chi connectivity index (χ1v) is 10.4. The SMILES string of the molecule is CC(C)(C)c1ccc(C(=O)N2CCC2(C)C(=O)Nc2cccc3ccccc23)cc1. The lowest BCUT2D eigenvalue weighted by Gasteiger charge is -2.49. The van der Waals surface area contributed by atoms with E-state index in [2.05, 4.69) is 26.1 Å². The van der Waals surface area contributed by atoms with Crippen LogP contribution >= 0.6 is 0 Å². The fourth-order valence-electron chi connectivity index (χ4n) is 3.98. The summed E-state index contributed by atoms with van der Waals surface area (Å²) < 4.78 is 0. The van der Waals surface area contributed by atoms with E-state index in [1.54, 1.807) is 4.90 Å². The van der Waals surface area contributed by atoms with Crippen molar-refractivity contribution in [2.24, 2.45) is 0 Å². The maximum absolute atomic E-state index is 13.2. The predicted octanol–water partition coefficient (Wildman–Crippen LogP) is 5.38. The third-order valence-electron chi connectivity index (χ3n) is 6.19. The standard InChI is InChI=1S/C26H28N2O2/c1-25(2,3)20-14-12-19(13-15-20)23(29)28-17-16-26(28,4)24(30)27-22-11-7-9-18-8-5-6-10-21(18)22/h5-15H,16-17H2,1-4H3,(H,27,30). The van der Waals surface area contributed by atoms with Crippen LogP contribution in [0, 0.1) is 0 Å². The number of benzene rings is 3. The first kappa shape index (κ1) is 20.1. The lowest BCUT2D eigenvalue weighted by atomic mass is 9.84. The van der Waals surface area contributed by atoms with Crippen molar-refractivity contribution in [3.63, 3.8) is 0 Å². The van der Waals surface area contributed by atoms with Crippen LogP contribution in [0.3, 0.4) is 0 Å². The molecule has 154 valence electrons. The van der Waals surface area contributed by atoms with Crippen molar-refractivity contribution in [3.8, 4) is 0 Å². The highest BCUT2D eigenvalue weighted by atomic mass is 16.2. The molecular weight excluding hydrogens is 372 g/mol. The summed E-state index contributed by atoms with van der Waals surface area (Å²) in [4.78, 5) is 28.0. The van der Waals surface area contributed by atoms with Gasteiger partial charge in [0.15, 0.2) is 0 Å². The lowest BCUT2D eigenvalue weighted by Crippen LogP contribution is -2.66. The molecule has 3 aromatic rings. The molecule has 30 heavy (non-hydrogen) atoms. The number of hydrogen-bond acceptors (Lipinski definition) is 2. The zero-order valence-electron chi connectivity index (χ0n) is 18.0. The normalized spacial score (nSPS) is 18.7. The minimum Gasteiger partial charge on any atom is -0.324 e. The molecule has 0 spiro atoms. The summed E-state index contributed by atoms with van der Waals surface area (Å²) in [6, 6.07) is 21.5. The van der Waals surface area contributed by atoms with Gasteiger partial charge in [0, 0.05) is 23.2 Å². The van der Waals surface area contributed by atoms with Gasteiger partial charge < -0.3 is 10.2 Å². The minimum absolute atomic E-state index is 0.0329. The van der Waals surface area contributed by atoms with Gasteiger partial charge in [0.25, 0.3) is 5.91 Å². The van der Waals surface area contributed by atoms with Crippen LogP contribution in [0.5, 0.6) is 0 Å². The molecule has 1 heterocycles.